The van der Waals surface area contributed by atoms with Gasteiger partial charge in [0.15, 0.2) is 0 Å². The molecule has 0 saturated carbocycles. The van der Waals surface area contributed by atoms with Gasteiger partial charge < -0.3 is 16.4 Å². The van der Waals surface area contributed by atoms with Crippen LogP contribution in [0.4, 0.5) is 0 Å². The van der Waals surface area contributed by atoms with Crippen molar-refractivity contribution in [2.24, 2.45) is 0 Å². The van der Waals surface area contributed by atoms with Gasteiger partial charge in [0.25, 0.3) is 0 Å². The van der Waals surface area contributed by atoms with E-state index >= 15 is 0 Å². The molecule has 0 aromatic heterocycles. The minimum Gasteiger partial charge on any atom is -0.412 e. The summed E-state index contributed by atoms with van der Waals surface area (Å²) < 4.78 is 1.49. The Morgan fingerprint density at radius 3 is 1.56 bits per heavy atom. The van der Waals surface area contributed by atoms with Crippen molar-refractivity contribution in [1.82, 2.24) is 0 Å². The number of rotatable bonds is 3. The minimum absolute atomic E-state index is 0. The number of hydrogen-bond donors (Lipinski definition) is 0. The molecule has 0 rings (SSSR count). The van der Waals surface area contributed by atoms with Gasteiger partial charge in [0, 0.05) is 0 Å². The van der Waals surface area contributed by atoms with Gasteiger partial charge in [-0.3, -0.25) is 0 Å². The molecule has 0 heterocycles. The van der Waals surface area contributed by atoms with Crippen LogP contribution in [0.15, 0.2) is 0 Å². The van der Waals surface area contributed by atoms with E-state index in [4.69, 9.17) is 0 Å². The van der Waals surface area contributed by atoms with E-state index in [0.717, 1.165) is 0 Å². The zero-order valence-electron chi connectivity index (χ0n) is 5.83. The van der Waals surface area contributed by atoms with Crippen LogP contribution in [0, 0.1) is 0 Å². The van der Waals surface area contributed by atoms with E-state index < -0.39 is 0 Å². The molecule has 4 heteroatoms. The van der Waals surface area contributed by atoms with Crippen LogP contribution in [-0.4, -0.2) is 16.4 Å². The SMILES string of the molecule is CCCC[CH2][Hf].O.O.O. The first-order chi connectivity index (χ1) is 2.91. The first-order valence-electron chi connectivity index (χ1n) is 2.56. The van der Waals surface area contributed by atoms with Gasteiger partial charge in [-0.15, -0.1) is 0 Å². The molecule has 0 aliphatic carbocycles. The molecule has 0 spiro atoms. The van der Waals surface area contributed by atoms with Gasteiger partial charge in [-0.1, -0.05) is 0 Å². The first-order valence-corrected chi connectivity index (χ1v) is 5.10. The molecule has 0 bridgehead atoms. The Kier molecular flexibility index (Phi) is 58.4. The van der Waals surface area contributed by atoms with Crippen molar-refractivity contribution in [3.63, 3.8) is 0 Å². The summed E-state index contributed by atoms with van der Waals surface area (Å²) in [4.78, 5) is 0. The summed E-state index contributed by atoms with van der Waals surface area (Å²) in [6.07, 6.45) is 4.30. The summed E-state index contributed by atoms with van der Waals surface area (Å²) in [5, 5.41) is 0. The van der Waals surface area contributed by atoms with Crippen molar-refractivity contribution >= 4 is 0 Å². The molecule has 0 unspecified atom stereocenters. The standard InChI is InChI=1S/C5H11.Hf.3H2O/c1-3-5-4-2;;;;/h1,3-5H2,2H3;;3*1H2. The van der Waals surface area contributed by atoms with E-state index in [1.54, 1.807) is 0 Å². The van der Waals surface area contributed by atoms with Crippen molar-refractivity contribution in [1.29, 1.82) is 0 Å². The Morgan fingerprint density at radius 2 is 1.44 bits per heavy atom. The predicted octanol–water partition coefficient (Wildman–Crippen LogP) is -0.332. The average Bonchev–Trinajstić information content (AvgIpc) is 1.61. The van der Waals surface area contributed by atoms with E-state index in [1.165, 1.54) is 47.8 Å². The van der Waals surface area contributed by atoms with Gasteiger partial charge in [0.05, 0.1) is 0 Å². The van der Waals surface area contributed by atoms with E-state index in [0.29, 0.717) is 0 Å². The Labute approximate surface area is 71.3 Å². The smallest absolute Gasteiger partial charge is 0.412 e. The van der Waals surface area contributed by atoms with Crippen LogP contribution in [0.25, 0.3) is 0 Å². The Bertz CT molecular complexity index is 24.2. The second-order valence-corrected chi connectivity index (χ2v) is 3.25. The van der Waals surface area contributed by atoms with E-state index in [9.17, 15) is 0 Å². The summed E-state index contributed by atoms with van der Waals surface area (Å²) in [5.74, 6) is 0. The fourth-order valence-electron chi connectivity index (χ4n) is 0.375. The summed E-state index contributed by atoms with van der Waals surface area (Å²) in [6, 6.07) is 0. The summed E-state index contributed by atoms with van der Waals surface area (Å²) in [6.45, 7) is 2.25. The van der Waals surface area contributed by atoms with Crippen molar-refractivity contribution in [2.75, 3.05) is 0 Å². The maximum absolute atomic E-state index is 2.25. The number of unbranched alkanes of at least 4 members (excludes halogenated alkanes) is 2. The van der Waals surface area contributed by atoms with Crippen molar-refractivity contribution < 1.29 is 40.8 Å². The molecule has 0 saturated heterocycles. The third-order valence-electron chi connectivity index (χ3n) is 0.780. The molecule has 9 heavy (non-hydrogen) atoms. The van der Waals surface area contributed by atoms with Crippen LogP contribution in [0.1, 0.15) is 26.2 Å². The molecule has 3 nitrogen and oxygen atoms in total. The van der Waals surface area contributed by atoms with Crippen molar-refractivity contribution in [3.05, 3.63) is 0 Å². The molecule has 0 aliphatic heterocycles. The molecule has 0 aromatic rings. The molecule has 0 atom stereocenters. The quantitative estimate of drug-likeness (QED) is 0.504. The molecule has 0 aliphatic rings. The van der Waals surface area contributed by atoms with Crippen LogP contribution in [-0.2, 0) is 24.4 Å². The Balaban J connectivity index is -0.0000000417. The second-order valence-electron chi connectivity index (χ2n) is 1.46. The van der Waals surface area contributed by atoms with Gasteiger partial charge >= 0.3 is 54.7 Å². The normalized spacial score (nSPS) is 5.78. The predicted molar refractivity (Wildman–Crippen MR) is 35.2 cm³/mol. The molecule has 59 valence electrons. The van der Waals surface area contributed by atoms with Gasteiger partial charge in [0.1, 0.15) is 0 Å². The second kappa shape index (κ2) is 23.3. The Morgan fingerprint density at radius 1 is 1.00 bits per heavy atom. The first kappa shape index (κ1) is 22.6. The summed E-state index contributed by atoms with van der Waals surface area (Å²) in [7, 11) is 0. The van der Waals surface area contributed by atoms with Crippen molar-refractivity contribution in [2.45, 2.75) is 30.4 Å². The largest absolute Gasteiger partial charge is 0.412 e. The van der Waals surface area contributed by atoms with Crippen LogP contribution in [0.2, 0.25) is 4.18 Å². The molecule has 0 aromatic carbocycles. The number of hydrogen-bond acceptors (Lipinski definition) is 0. The third-order valence-corrected chi connectivity index (χ3v) is 2.05. The summed E-state index contributed by atoms with van der Waals surface area (Å²) in [5.41, 5.74) is 0. The van der Waals surface area contributed by atoms with E-state index in [1.807, 2.05) is 0 Å². The molecule has 0 fully saturated rings. The fraction of sp³-hybridized carbons (Fsp3) is 1.00. The molecule has 0 radical (unpaired) electrons. The third kappa shape index (κ3) is 28.3. The zero-order chi connectivity index (χ0) is 4.83. The average molecular weight is 304 g/mol. The molecular formula is C5H17HfO3. The van der Waals surface area contributed by atoms with Crippen LogP contribution >= 0.6 is 0 Å². The summed E-state index contributed by atoms with van der Waals surface area (Å²) >= 11 is 1.40. The fourth-order valence-corrected chi connectivity index (χ4v) is 1.27. The van der Waals surface area contributed by atoms with Gasteiger partial charge in [-0.05, 0) is 0 Å². The topological polar surface area (TPSA) is 94.5 Å². The van der Waals surface area contributed by atoms with E-state index in [2.05, 4.69) is 6.92 Å². The van der Waals surface area contributed by atoms with Crippen LogP contribution < -0.4 is 0 Å². The van der Waals surface area contributed by atoms with Gasteiger partial charge in [-0.2, -0.15) is 0 Å². The maximum Gasteiger partial charge on any atom is -0.412 e. The minimum atomic E-state index is 0. The monoisotopic (exact) mass is 305 g/mol. The van der Waals surface area contributed by atoms with Crippen LogP contribution in [0.5, 0.6) is 0 Å². The zero-order valence-corrected chi connectivity index (χ0v) is 9.42. The van der Waals surface area contributed by atoms with Crippen molar-refractivity contribution in [3.8, 4) is 0 Å². The molecule has 0 amide bonds. The van der Waals surface area contributed by atoms with Gasteiger partial charge in [-0.25, -0.2) is 0 Å². The maximum atomic E-state index is 2.25. The molecular weight excluding hydrogens is 287 g/mol. The molecule has 6 N–H and O–H groups in total. The van der Waals surface area contributed by atoms with E-state index in [-0.39, 0.29) is 16.4 Å². The van der Waals surface area contributed by atoms with Gasteiger partial charge in [0.2, 0.25) is 0 Å². The van der Waals surface area contributed by atoms with Crippen LogP contribution in [0.3, 0.4) is 0 Å². The Hall–Kier alpha value is 0.750.